The van der Waals surface area contributed by atoms with Crippen molar-refractivity contribution >= 4 is 17.5 Å². The van der Waals surface area contributed by atoms with Gasteiger partial charge in [-0.1, -0.05) is 30.6 Å². The lowest BCUT2D eigenvalue weighted by atomic mass is 9.92. The largest absolute Gasteiger partial charge is 0.489 e. The van der Waals surface area contributed by atoms with Crippen LogP contribution in [0.1, 0.15) is 31.7 Å². The molecule has 0 saturated carbocycles. The zero-order valence-electron chi connectivity index (χ0n) is 12.0. The SMILES string of the molecule is CC(C)c1c2c(cc(Cl)c1-c1cnoc1N)OCCCO2. The summed E-state index contributed by atoms with van der Waals surface area (Å²) in [6, 6.07) is 1.77. The van der Waals surface area contributed by atoms with Crippen LogP contribution < -0.4 is 15.2 Å². The third-order valence-electron chi connectivity index (χ3n) is 3.47. The van der Waals surface area contributed by atoms with E-state index in [0.717, 1.165) is 23.3 Å². The van der Waals surface area contributed by atoms with Crippen LogP contribution in [0.25, 0.3) is 11.1 Å². The molecule has 0 saturated heterocycles. The number of benzene rings is 1. The molecule has 0 bridgehead atoms. The Morgan fingerprint density at radius 3 is 2.71 bits per heavy atom. The van der Waals surface area contributed by atoms with Gasteiger partial charge < -0.3 is 19.7 Å². The molecule has 1 aromatic heterocycles. The monoisotopic (exact) mass is 308 g/mol. The highest BCUT2D eigenvalue weighted by atomic mass is 35.5. The van der Waals surface area contributed by atoms with Gasteiger partial charge in [-0.2, -0.15) is 0 Å². The second-order valence-corrected chi connectivity index (χ2v) is 5.69. The molecule has 1 aliphatic rings. The molecular weight excluding hydrogens is 292 g/mol. The molecule has 0 spiro atoms. The molecule has 1 aliphatic heterocycles. The van der Waals surface area contributed by atoms with E-state index in [-0.39, 0.29) is 11.8 Å². The molecule has 0 aliphatic carbocycles. The first-order chi connectivity index (χ1) is 10.1. The highest BCUT2D eigenvalue weighted by molar-refractivity contribution is 6.34. The number of hydrogen-bond donors (Lipinski definition) is 1. The van der Waals surface area contributed by atoms with Gasteiger partial charge in [0.1, 0.15) is 0 Å². The molecule has 0 unspecified atom stereocenters. The minimum atomic E-state index is 0.184. The molecule has 0 amide bonds. The average Bonchev–Trinajstić information content (AvgIpc) is 2.71. The van der Waals surface area contributed by atoms with Crippen LogP contribution in [0.5, 0.6) is 11.5 Å². The van der Waals surface area contributed by atoms with Crippen molar-refractivity contribution in [1.82, 2.24) is 5.16 Å². The third-order valence-corrected chi connectivity index (χ3v) is 3.77. The summed E-state index contributed by atoms with van der Waals surface area (Å²) < 4.78 is 16.6. The van der Waals surface area contributed by atoms with Gasteiger partial charge in [0.15, 0.2) is 11.5 Å². The molecule has 6 heteroatoms. The van der Waals surface area contributed by atoms with Crippen LogP contribution in [-0.2, 0) is 0 Å². The number of fused-ring (bicyclic) bond motifs is 1. The first-order valence-electron chi connectivity index (χ1n) is 6.92. The lowest BCUT2D eigenvalue weighted by Gasteiger charge is -2.20. The number of nitrogen functional groups attached to an aromatic ring is 1. The molecule has 1 aromatic carbocycles. The zero-order valence-corrected chi connectivity index (χ0v) is 12.7. The molecule has 112 valence electrons. The number of halogens is 1. The second-order valence-electron chi connectivity index (χ2n) is 5.28. The summed E-state index contributed by atoms with van der Waals surface area (Å²) in [5, 5.41) is 4.29. The Bertz CT molecular complexity index is 667. The number of nitrogens with two attached hydrogens (primary N) is 1. The van der Waals surface area contributed by atoms with Gasteiger partial charge in [0.05, 0.1) is 30.0 Å². The van der Waals surface area contributed by atoms with Crippen molar-refractivity contribution in [3.05, 3.63) is 22.8 Å². The predicted octanol–water partition coefficient (Wildman–Crippen LogP) is 3.86. The fourth-order valence-electron chi connectivity index (χ4n) is 2.56. The first kappa shape index (κ1) is 14.1. The molecule has 2 heterocycles. The van der Waals surface area contributed by atoms with E-state index in [2.05, 4.69) is 19.0 Å². The van der Waals surface area contributed by atoms with Crippen molar-refractivity contribution in [3.63, 3.8) is 0 Å². The minimum absolute atomic E-state index is 0.184. The van der Waals surface area contributed by atoms with Gasteiger partial charge in [-0.3, -0.25) is 0 Å². The number of rotatable bonds is 2. The average molecular weight is 309 g/mol. The Balaban J connectivity index is 2.29. The van der Waals surface area contributed by atoms with Gasteiger partial charge in [0.25, 0.3) is 0 Å². The zero-order chi connectivity index (χ0) is 15.0. The van der Waals surface area contributed by atoms with E-state index in [1.165, 1.54) is 0 Å². The summed E-state index contributed by atoms with van der Waals surface area (Å²) in [5.41, 5.74) is 8.31. The van der Waals surface area contributed by atoms with Gasteiger partial charge in [-0.05, 0) is 5.92 Å². The maximum atomic E-state index is 6.47. The highest BCUT2D eigenvalue weighted by Gasteiger charge is 2.26. The van der Waals surface area contributed by atoms with E-state index >= 15 is 0 Å². The molecule has 21 heavy (non-hydrogen) atoms. The van der Waals surface area contributed by atoms with Crippen LogP contribution in [0.15, 0.2) is 16.8 Å². The van der Waals surface area contributed by atoms with Crippen LogP contribution in [0, 0.1) is 0 Å². The minimum Gasteiger partial charge on any atom is -0.489 e. The van der Waals surface area contributed by atoms with E-state index in [0.29, 0.717) is 29.5 Å². The Morgan fingerprint density at radius 1 is 1.29 bits per heavy atom. The molecule has 0 radical (unpaired) electrons. The van der Waals surface area contributed by atoms with Crippen LogP contribution in [0.2, 0.25) is 5.02 Å². The molecule has 3 rings (SSSR count). The summed E-state index contributed by atoms with van der Waals surface area (Å²) in [4.78, 5) is 0. The van der Waals surface area contributed by atoms with Crippen molar-refractivity contribution in [1.29, 1.82) is 0 Å². The van der Waals surface area contributed by atoms with Gasteiger partial charge in [-0.15, -0.1) is 0 Å². The molecule has 2 N–H and O–H groups in total. The van der Waals surface area contributed by atoms with E-state index in [1.54, 1.807) is 12.3 Å². The van der Waals surface area contributed by atoms with Gasteiger partial charge >= 0.3 is 0 Å². The number of aromatic nitrogens is 1. The number of nitrogens with zero attached hydrogens (tertiary/aromatic N) is 1. The maximum Gasteiger partial charge on any atom is 0.230 e. The van der Waals surface area contributed by atoms with Crippen LogP contribution in [0.4, 0.5) is 5.88 Å². The smallest absolute Gasteiger partial charge is 0.230 e. The van der Waals surface area contributed by atoms with Crippen molar-refractivity contribution < 1.29 is 14.0 Å². The quantitative estimate of drug-likeness (QED) is 0.912. The normalized spacial score (nSPS) is 14.3. The lowest BCUT2D eigenvalue weighted by Crippen LogP contribution is -2.02. The Kier molecular flexibility index (Phi) is 3.68. The van der Waals surface area contributed by atoms with E-state index in [4.69, 9.17) is 31.3 Å². The summed E-state index contributed by atoms with van der Waals surface area (Å²) in [6.07, 6.45) is 2.42. The molecule has 2 aromatic rings. The Labute approximate surface area is 128 Å². The standard InChI is InChI=1S/C15H17ClN2O3/c1-8(2)12-13(9-7-18-21-15(9)17)10(16)6-11-14(12)20-5-3-4-19-11/h6-8H,3-5,17H2,1-2H3. The third kappa shape index (κ3) is 2.42. The first-order valence-corrected chi connectivity index (χ1v) is 7.30. The Hall–Kier alpha value is -1.88. The maximum absolute atomic E-state index is 6.47. The summed E-state index contributed by atoms with van der Waals surface area (Å²) in [5.74, 6) is 1.85. The molecule has 0 fully saturated rings. The number of hydrogen-bond acceptors (Lipinski definition) is 5. The summed E-state index contributed by atoms with van der Waals surface area (Å²) in [7, 11) is 0. The summed E-state index contributed by atoms with van der Waals surface area (Å²) >= 11 is 6.47. The lowest BCUT2D eigenvalue weighted by molar-refractivity contribution is 0.296. The van der Waals surface area contributed by atoms with Crippen molar-refractivity contribution in [2.24, 2.45) is 0 Å². The van der Waals surface area contributed by atoms with Crippen LogP contribution in [-0.4, -0.2) is 18.4 Å². The van der Waals surface area contributed by atoms with Crippen LogP contribution in [0.3, 0.4) is 0 Å². The van der Waals surface area contributed by atoms with E-state index in [1.807, 2.05) is 0 Å². The molecular formula is C15H17ClN2O3. The van der Waals surface area contributed by atoms with Crippen molar-refractivity contribution in [3.8, 4) is 22.6 Å². The number of anilines is 1. The summed E-state index contributed by atoms with van der Waals surface area (Å²) in [6.45, 7) is 5.39. The fourth-order valence-corrected chi connectivity index (χ4v) is 2.86. The van der Waals surface area contributed by atoms with Crippen LogP contribution >= 0.6 is 11.6 Å². The van der Waals surface area contributed by atoms with Gasteiger partial charge in [0, 0.05) is 23.6 Å². The van der Waals surface area contributed by atoms with Crippen molar-refractivity contribution in [2.75, 3.05) is 18.9 Å². The fraction of sp³-hybridized carbons (Fsp3) is 0.400. The highest BCUT2D eigenvalue weighted by Crippen LogP contribution is 2.48. The second kappa shape index (κ2) is 5.48. The predicted molar refractivity (Wildman–Crippen MR) is 81.1 cm³/mol. The molecule has 0 atom stereocenters. The Morgan fingerprint density at radius 2 is 2.05 bits per heavy atom. The van der Waals surface area contributed by atoms with Gasteiger partial charge in [-0.25, -0.2) is 0 Å². The van der Waals surface area contributed by atoms with E-state index < -0.39 is 0 Å². The van der Waals surface area contributed by atoms with E-state index in [9.17, 15) is 0 Å². The van der Waals surface area contributed by atoms with Gasteiger partial charge in [0.2, 0.25) is 5.88 Å². The number of ether oxygens (including phenoxy) is 2. The molecule has 5 nitrogen and oxygen atoms in total. The topological polar surface area (TPSA) is 70.5 Å². The van der Waals surface area contributed by atoms with Crippen molar-refractivity contribution in [2.45, 2.75) is 26.2 Å².